The first-order valence-electron chi connectivity index (χ1n) is 15.9. The summed E-state index contributed by atoms with van der Waals surface area (Å²) in [6.07, 6.45) is 13.9. The Bertz CT molecular complexity index is 821. The van der Waals surface area contributed by atoms with E-state index in [1.54, 1.807) is 0 Å². The molecule has 41 heavy (non-hydrogen) atoms. The van der Waals surface area contributed by atoms with Gasteiger partial charge in [-0.15, -0.1) is 0 Å². The Morgan fingerprint density at radius 1 is 0.854 bits per heavy atom. The van der Waals surface area contributed by atoms with Crippen molar-refractivity contribution in [3.63, 3.8) is 0 Å². The van der Waals surface area contributed by atoms with Crippen molar-refractivity contribution in [2.45, 2.75) is 148 Å². The molecule has 0 unspecified atom stereocenters. The molecule has 234 valence electrons. The number of aliphatic hydroxyl groups excluding tert-OH is 1. The number of amides is 1. The van der Waals surface area contributed by atoms with Crippen molar-refractivity contribution < 1.29 is 33.6 Å². The van der Waals surface area contributed by atoms with Crippen molar-refractivity contribution in [2.24, 2.45) is 0 Å². The second-order valence-corrected chi connectivity index (χ2v) is 11.3. The smallest absolute Gasteiger partial charge is 0.303 e. The molecule has 1 fully saturated rings. The summed E-state index contributed by atoms with van der Waals surface area (Å²) < 4.78 is 23.4. The number of carbonyl (C=O) groups excluding carboxylic acids is 2. The number of rotatable bonds is 22. The van der Waals surface area contributed by atoms with Crippen LogP contribution in [-0.4, -0.2) is 60.8 Å². The predicted molar refractivity (Wildman–Crippen MR) is 160 cm³/mol. The molecule has 1 aromatic carbocycles. The van der Waals surface area contributed by atoms with Crippen molar-refractivity contribution in [2.75, 3.05) is 13.2 Å². The van der Waals surface area contributed by atoms with Crippen molar-refractivity contribution in [3.05, 3.63) is 35.9 Å². The van der Waals surface area contributed by atoms with Gasteiger partial charge in [-0.25, -0.2) is 0 Å². The number of carbonyl (C=O) groups is 2. The van der Waals surface area contributed by atoms with Crippen LogP contribution in [-0.2, 0) is 35.1 Å². The van der Waals surface area contributed by atoms with E-state index >= 15 is 0 Å². The van der Waals surface area contributed by atoms with Crippen LogP contribution in [0.1, 0.15) is 116 Å². The first kappa shape index (κ1) is 35.2. The Balaban J connectivity index is 1.74. The highest BCUT2D eigenvalue weighted by molar-refractivity contribution is 5.73. The SMILES string of the molecule is CCCCCCCCCCCCCCCCO[C@@H]1O[C@H](COCc2ccccc2)[C@@H](O)[C@H](OC(C)=O)[C@H]1NC(C)=O. The zero-order valence-corrected chi connectivity index (χ0v) is 25.7. The lowest BCUT2D eigenvalue weighted by Crippen LogP contribution is -2.65. The summed E-state index contributed by atoms with van der Waals surface area (Å²) in [6.45, 7) is 5.79. The maximum atomic E-state index is 11.9. The van der Waals surface area contributed by atoms with Crippen LogP contribution in [0.5, 0.6) is 0 Å². The lowest BCUT2D eigenvalue weighted by molar-refractivity contribution is -0.276. The molecule has 2 N–H and O–H groups in total. The normalized spacial score (nSPS) is 22.4. The van der Waals surface area contributed by atoms with Crippen molar-refractivity contribution in [3.8, 4) is 0 Å². The molecule has 1 heterocycles. The molecule has 8 heteroatoms. The molecule has 1 aliphatic heterocycles. The monoisotopic (exact) mass is 577 g/mol. The first-order chi connectivity index (χ1) is 19.9. The van der Waals surface area contributed by atoms with Gasteiger partial charge in [0.1, 0.15) is 18.2 Å². The molecular weight excluding hydrogens is 522 g/mol. The highest BCUT2D eigenvalue weighted by Gasteiger charge is 2.48. The minimum atomic E-state index is -1.19. The minimum Gasteiger partial charge on any atom is -0.457 e. The van der Waals surface area contributed by atoms with Gasteiger partial charge in [0.15, 0.2) is 12.4 Å². The van der Waals surface area contributed by atoms with Gasteiger partial charge < -0.3 is 29.4 Å². The molecule has 0 aliphatic carbocycles. The van der Waals surface area contributed by atoms with Gasteiger partial charge in [-0.05, 0) is 12.0 Å². The van der Waals surface area contributed by atoms with E-state index < -0.39 is 36.6 Å². The van der Waals surface area contributed by atoms with E-state index in [0.29, 0.717) is 13.2 Å². The van der Waals surface area contributed by atoms with Gasteiger partial charge in [-0.1, -0.05) is 121 Å². The number of hydrogen-bond acceptors (Lipinski definition) is 7. The molecule has 0 spiro atoms. The quantitative estimate of drug-likeness (QED) is 0.124. The molecule has 5 atom stereocenters. The molecular formula is C33H55NO7. The van der Waals surface area contributed by atoms with E-state index in [1.165, 1.54) is 84.5 Å². The highest BCUT2D eigenvalue weighted by atomic mass is 16.7. The van der Waals surface area contributed by atoms with E-state index in [2.05, 4.69) is 12.2 Å². The fourth-order valence-corrected chi connectivity index (χ4v) is 5.28. The zero-order chi connectivity index (χ0) is 29.7. The zero-order valence-electron chi connectivity index (χ0n) is 25.7. The number of benzene rings is 1. The maximum Gasteiger partial charge on any atom is 0.303 e. The minimum absolute atomic E-state index is 0.0827. The Kier molecular flexibility index (Phi) is 18.6. The number of ether oxygens (including phenoxy) is 4. The Morgan fingerprint density at radius 2 is 1.41 bits per heavy atom. The lowest BCUT2D eigenvalue weighted by atomic mass is 9.96. The lowest BCUT2D eigenvalue weighted by Gasteiger charge is -2.44. The highest BCUT2D eigenvalue weighted by Crippen LogP contribution is 2.26. The summed E-state index contributed by atoms with van der Waals surface area (Å²) in [4.78, 5) is 23.8. The average molecular weight is 578 g/mol. The maximum absolute atomic E-state index is 11.9. The number of nitrogens with one attached hydrogen (secondary N) is 1. The van der Waals surface area contributed by atoms with Crippen LogP contribution in [0.25, 0.3) is 0 Å². The van der Waals surface area contributed by atoms with Crippen molar-refractivity contribution >= 4 is 11.9 Å². The van der Waals surface area contributed by atoms with Gasteiger partial charge in [0.2, 0.25) is 5.91 Å². The molecule has 1 amide bonds. The van der Waals surface area contributed by atoms with Crippen molar-refractivity contribution in [1.82, 2.24) is 5.32 Å². The van der Waals surface area contributed by atoms with Gasteiger partial charge in [0.25, 0.3) is 0 Å². The fraction of sp³-hybridized carbons (Fsp3) is 0.758. The summed E-state index contributed by atoms with van der Waals surface area (Å²) in [7, 11) is 0. The van der Waals surface area contributed by atoms with Crippen LogP contribution in [0.2, 0.25) is 0 Å². The van der Waals surface area contributed by atoms with Gasteiger partial charge in [-0.3, -0.25) is 9.59 Å². The van der Waals surface area contributed by atoms with Gasteiger partial charge >= 0.3 is 5.97 Å². The fourth-order valence-electron chi connectivity index (χ4n) is 5.28. The summed E-state index contributed by atoms with van der Waals surface area (Å²) in [5.74, 6) is -0.882. The third-order valence-corrected chi connectivity index (χ3v) is 7.52. The molecule has 1 aromatic rings. The number of hydrogen-bond donors (Lipinski definition) is 2. The topological polar surface area (TPSA) is 103 Å². The van der Waals surface area contributed by atoms with Gasteiger partial charge in [-0.2, -0.15) is 0 Å². The Hall–Kier alpha value is -2.00. The van der Waals surface area contributed by atoms with E-state index in [-0.39, 0.29) is 12.5 Å². The number of unbranched alkanes of at least 4 members (excludes halogenated alkanes) is 13. The van der Waals surface area contributed by atoms with Crippen LogP contribution < -0.4 is 5.32 Å². The molecule has 0 radical (unpaired) electrons. The van der Waals surface area contributed by atoms with Crippen molar-refractivity contribution in [1.29, 1.82) is 0 Å². The molecule has 2 rings (SSSR count). The molecule has 0 saturated carbocycles. The van der Waals surface area contributed by atoms with Crippen LogP contribution in [0.3, 0.4) is 0 Å². The molecule has 0 bridgehead atoms. The van der Waals surface area contributed by atoms with E-state index in [0.717, 1.165) is 24.8 Å². The largest absolute Gasteiger partial charge is 0.457 e. The number of esters is 1. The predicted octanol–water partition coefficient (Wildman–Crippen LogP) is 6.22. The molecule has 0 aromatic heterocycles. The summed E-state index contributed by atoms with van der Waals surface area (Å²) >= 11 is 0. The average Bonchev–Trinajstić information content (AvgIpc) is 2.95. The van der Waals surface area contributed by atoms with E-state index in [4.69, 9.17) is 18.9 Å². The van der Waals surface area contributed by atoms with E-state index in [9.17, 15) is 14.7 Å². The van der Waals surface area contributed by atoms with Crippen LogP contribution >= 0.6 is 0 Å². The summed E-state index contributed by atoms with van der Waals surface area (Å²) in [5, 5.41) is 13.7. The van der Waals surface area contributed by atoms with Gasteiger partial charge in [0, 0.05) is 20.5 Å². The van der Waals surface area contributed by atoms with E-state index in [1.807, 2.05) is 30.3 Å². The van der Waals surface area contributed by atoms with Crippen LogP contribution in [0.4, 0.5) is 0 Å². The molecule has 8 nitrogen and oxygen atoms in total. The third kappa shape index (κ3) is 15.2. The number of aliphatic hydroxyl groups is 1. The molecule has 1 aliphatic rings. The molecule has 1 saturated heterocycles. The Labute approximate surface area is 247 Å². The second-order valence-electron chi connectivity index (χ2n) is 11.3. The summed E-state index contributed by atoms with van der Waals surface area (Å²) in [5.41, 5.74) is 0.996. The standard InChI is InChI=1S/C33H55NO7/c1-4-5-6-7-8-9-10-11-12-13-14-15-16-20-23-39-33-30(34-26(2)35)32(40-27(3)36)31(37)29(41-33)25-38-24-28-21-18-17-19-22-28/h17-19,21-22,29-33,37H,4-16,20,23-25H2,1-3H3,(H,34,35)/t29-,30-,31-,32-,33-/m1/s1. The Morgan fingerprint density at radius 3 is 1.95 bits per heavy atom. The third-order valence-electron chi connectivity index (χ3n) is 7.52. The second kappa shape index (κ2) is 21.7. The first-order valence-corrected chi connectivity index (χ1v) is 15.9. The van der Waals surface area contributed by atoms with Crippen LogP contribution in [0.15, 0.2) is 30.3 Å². The van der Waals surface area contributed by atoms with Crippen LogP contribution in [0, 0.1) is 0 Å². The van der Waals surface area contributed by atoms with Gasteiger partial charge in [0.05, 0.1) is 13.2 Å². The summed E-state index contributed by atoms with van der Waals surface area (Å²) in [6, 6.07) is 8.87.